The van der Waals surface area contributed by atoms with Crippen LogP contribution in [0, 0.1) is 6.92 Å². The number of sulfonamides is 1. The summed E-state index contributed by atoms with van der Waals surface area (Å²) in [7, 11) is -2.58. The second-order valence-corrected chi connectivity index (χ2v) is 12.4. The lowest BCUT2D eigenvalue weighted by Gasteiger charge is -2.33. The molecule has 218 valence electrons. The Balaban J connectivity index is 1.67. The maximum absolute atomic E-state index is 14.1. The van der Waals surface area contributed by atoms with Crippen LogP contribution in [0.2, 0.25) is 0 Å². The molecule has 0 aliphatic heterocycles. The van der Waals surface area contributed by atoms with Crippen LogP contribution in [-0.2, 0) is 26.2 Å². The normalized spacial score (nSPS) is 14.6. The number of nitrogens with one attached hydrogen (secondary N) is 1. The summed E-state index contributed by atoms with van der Waals surface area (Å²) in [5, 5.41) is 3.13. The number of carbonyl (C=O) groups is 2. The van der Waals surface area contributed by atoms with Crippen LogP contribution in [0.5, 0.6) is 5.75 Å². The van der Waals surface area contributed by atoms with Crippen molar-refractivity contribution in [3.63, 3.8) is 0 Å². The summed E-state index contributed by atoms with van der Waals surface area (Å²) < 4.78 is 34.1. The minimum absolute atomic E-state index is 0.0668. The van der Waals surface area contributed by atoms with E-state index in [1.807, 2.05) is 31.2 Å². The lowest BCUT2D eigenvalue weighted by atomic mass is 9.95. The van der Waals surface area contributed by atoms with Gasteiger partial charge in [-0.25, -0.2) is 8.42 Å². The zero-order valence-electron chi connectivity index (χ0n) is 24.0. The van der Waals surface area contributed by atoms with Crippen molar-refractivity contribution in [2.45, 2.75) is 69.5 Å². The highest BCUT2D eigenvalue weighted by Gasteiger charge is 2.33. The van der Waals surface area contributed by atoms with Gasteiger partial charge in [0, 0.05) is 12.6 Å². The summed E-state index contributed by atoms with van der Waals surface area (Å²) in [5.74, 6) is -0.151. The summed E-state index contributed by atoms with van der Waals surface area (Å²) in [6, 6.07) is 21.5. The lowest BCUT2D eigenvalue weighted by Crippen LogP contribution is -2.53. The average molecular weight is 578 g/mol. The molecule has 1 atom stereocenters. The molecule has 4 rings (SSSR count). The van der Waals surface area contributed by atoms with Gasteiger partial charge in [-0.3, -0.25) is 13.9 Å². The molecular formula is C32H39N3O5S. The molecule has 0 saturated heterocycles. The maximum atomic E-state index is 14.1. The molecule has 8 nitrogen and oxygen atoms in total. The van der Waals surface area contributed by atoms with Gasteiger partial charge in [-0.1, -0.05) is 61.7 Å². The van der Waals surface area contributed by atoms with Crippen LogP contribution in [0.4, 0.5) is 5.69 Å². The van der Waals surface area contributed by atoms with Gasteiger partial charge in [0.15, 0.2) is 0 Å². The highest BCUT2D eigenvalue weighted by Crippen LogP contribution is 2.27. The molecule has 0 radical (unpaired) electrons. The van der Waals surface area contributed by atoms with E-state index in [0.29, 0.717) is 11.4 Å². The molecule has 0 heterocycles. The summed E-state index contributed by atoms with van der Waals surface area (Å²) in [4.78, 5) is 29.1. The monoisotopic (exact) mass is 577 g/mol. The second-order valence-electron chi connectivity index (χ2n) is 10.5. The molecule has 9 heteroatoms. The van der Waals surface area contributed by atoms with Gasteiger partial charge in [0.2, 0.25) is 11.8 Å². The maximum Gasteiger partial charge on any atom is 0.264 e. The van der Waals surface area contributed by atoms with Crippen molar-refractivity contribution >= 4 is 27.5 Å². The van der Waals surface area contributed by atoms with E-state index in [9.17, 15) is 18.0 Å². The van der Waals surface area contributed by atoms with E-state index in [-0.39, 0.29) is 23.4 Å². The van der Waals surface area contributed by atoms with Crippen molar-refractivity contribution in [3.8, 4) is 5.75 Å². The number of ether oxygens (including phenoxy) is 1. The van der Waals surface area contributed by atoms with Crippen LogP contribution < -0.4 is 14.4 Å². The number of aryl methyl sites for hydroxylation is 1. The second kappa shape index (κ2) is 13.7. The summed E-state index contributed by atoms with van der Waals surface area (Å²) in [5.41, 5.74) is 2.19. The average Bonchev–Trinajstić information content (AvgIpc) is 3.00. The summed E-state index contributed by atoms with van der Waals surface area (Å²) >= 11 is 0. The molecule has 3 aromatic rings. The Hall–Kier alpha value is -3.85. The minimum Gasteiger partial charge on any atom is -0.497 e. The van der Waals surface area contributed by atoms with Gasteiger partial charge in [0.1, 0.15) is 18.3 Å². The first-order valence-electron chi connectivity index (χ1n) is 14.1. The number of methoxy groups -OCH3 is 1. The third kappa shape index (κ3) is 7.47. The molecule has 1 aliphatic rings. The van der Waals surface area contributed by atoms with E-state index in [1.54, 1.807) is 49.4 Å². The smallest absolute Gasteiger partial charge is 0.264 e. The van der Waals surface area contributed by atoms with Gasteiger partial charge in [0.05, 0.1) is 17.7 Å². The number of rotatable bonds is 11. The van der Waals surface area contributed by atoms with E-state index in [1.165, 1.54) is 24.1 Å². The van der Waals surface area contributed by atoms with Gasteiger partial charge < -0.3 is 15.0 Å². The van der Waals surface area contributed by atoms with Crippen molar-refractivity contribution in [3.05, 3.63) is 90.0 Å². The largest absolute Gasteiger partial charge is 0.497 e. The minimum atomic E-state index is -4.11. The van der Waals surface area contributed by atoms with Crippen LogP contribution in [0.1, 0.15) is 50.2 Å². The highest BCUT2D eigenvalue weighted by molar-refractivity contribution is 7.92. The number of benzene rings is 3. The van der Waals surface area contributed by atoms with E-state index in [2.05, 4.69) is 5.32 Å². The first-order chi connectivity index (χ1) is 19.7. The SMILES string of the molecule is COc1ccc(N(CC(=O)N(Cc2ccccc2C)[C@H](C)C(=O)NC2CCCCC2)S(=O)(=O)c2ccccc2)cc1. The predicted molar refractivity (Wildman–Crippen MR) is 160 cm³/mol. The van der Waals surface area contributed by atoms with Gasteiger partial charge in [-0.05, 0) is 74.2 Å². The topological polar surface area (TPSA) is 96.0 Å². The molecule has 0 unspecified atom stereocenters. The molecular weight excluding hydrogens is 538 g/mol. The van der Waals surface area contributed by atoms with E-state index < -0.39 is 28.5 Å². The Labute approximate surface area is 243 Å². The zero-order chi connectivity index (χ0) is 29.4. The van der Waals surface area contributed by atoms with Gasteiger partial charge in [0.25, 0.3) is 10.0 Å². The number of amides is 2. The van der Waals surface area contributed by atoms with E-state index in [4.69, 9.17) is 4.74 Å². The third-order valence-electron chi connectivity index (χ3n) is 7.69. The molecule has 1 N–H and O–H groups in total. The number of hydrogen-bond acceptors (Lipinski definition) is 5. The third-order valence-corrected chi connectivity index (χ3v) is 9.48. The predicted octanol–water partition coefficient (Wildman–Crippen LogP) is 5.07. The standard InChI is InChI=1S/C32H39N3O5S/c1-24-12-10-11-13-26(24)22-34(25(2)32(37)33-27-14-6-4-7-15-27)31(36)23-35(28-18-20-29(40-3)21-19-28)41(38,39)30-16-8-5-9-17-30/h5,8-13,16-21,25,27H,4,6-7,14-15,22-23H2,1-3H3,(H,33,37)/t25-/m1/s1. The van der Waals surface area contributed by atoms with Crippen LogP contribution in [0.15, 0.2) is 83.8 Å². The van der Waals surface area contributed by atoms with Crippen molar-refractivity contribution in [1.29, 1.82) is 0 Å². The Bertz CT molecular complexity index is 1420. The molecule has 1 saturated carbocycles. The number of hydrogen-bond donors (Lipinski definition) is 1. The first-order valence-corrected chi connectivity index (χ1v) is 15.5. The molecule has 1 aliphatic carbocycles. The fourth-order valence-electron chi connectivity index (χ4n) is 5.12. The van der Waals surface area contributed by atoms with Crippen LogP contribution in [-0.4, -0.2) is 50.9 Å². The Kier molecular flexibility index (Phi) is 10.0. The lowest BCUT2D eigenvalue weighted by molar-refractivity contribution is -0.139. The highest BCUT2D eigenvalue weighted by atomic mass is 32.2. The molecule has 0 spiro atoms. The van der Waals surface area contributed by atoms with Crippen LogP contribution in [0.25, 0.3) is 0 Å². The van der Waals surface area contributed by atoms with Crippen molar-refractivity contribution < 1.29 is 22.7 Å². The fraction of sp³-hybridized carbons (Fsp3) is 0.375. The molecule has 2 amide bonds. The van der Waals surface area contributed by atoms with Gasteiger partial charge in [-0.15, -0.1) is 0 Å². The molecule has 3 aromatic carbocycles. The van der Waals surface area contributed by atoms with E-state index in [0.717, 1.165) is 47.5 Å². The Morgan fingerprint density at radius 3 is 2.20 bits per heavy atom. The molecule has 1 fully saturated rings. The van der Waals surface area contributed by atoms with Crippen molar-refractivity contribution in [2.75, 3.05) is 18.0 Å². The van der Waals surface area contributed by atoms with Crippen LogP contribution in [0.3, 0.4) is 0 Å². The quantitative estimate of drug-likeness (QED) is 0.344. The number of nitrogens with zero attached hydrogens (tertiary/aromatic N) is 2. The van der Waals surface area contributed by atoms with Crippen molar-refractivity contribution in [2.24, 2.45) is 0 Å². The van der Waals surface area contributed by atoms with Crippen molar-refractivity contribution in [1.82, 2.24) is 10.2 Å². The van der Waals surface area contributed by atoms with E-state index >= 15 is 0 Å². The summed E-state index contributed by atoms with van der Waals surface area (Å²) in [6.07, 6.45) is 5.14. The molecule has 0 aromatic heterocycles. The number of carbonyl (C=O) groups excluding carboxylic acids is 2. The summed E-state index contributed by atoms with van der Waals surface area (Å²) in [6.45, 7) is 3.36. The van der Waals surface area contributed by atoms with Gasteiger partial charge in [-0.2, -0.15) is 0 Å². The fourth-order valence-corrected chi connectivity index (χ4v) is 6.55. The van der Waals surface area contributed by atoms with Crippen LogP contribution >= 0.6 is 0 Å². The number of anilines is 1. The Morgan fingerprint density at radius 1 is 0.927 bits per heavy atom. The van der Waals surface area contributed by atoms with Gasteiger partial charge >= 0.3 is 0 Å². The molecule has 0 bridgehead atoms. The first kappa shape index (κ1) is 30.1. The zero-order valence-corrected chi connectivity index (χ0v) is 24.8. The molecule has 41 heavy (non-hydrogen) atoms. The Morgan fingerprint density at radius 2 is 1.56 bits per heavy atom.